The van der Waals surface area contributed by atoms with Crippen molar-refractivity contribution in [3.63, 3.8) is 0 Å². The van der Waals surface area contributed by atoms with Crippen molar-refractivity contribution in [3.8, 4) is 0 Å². The molecule has 112 valence electrons. The maximum Gasteiger partial charge on any atom is 1.00 e. The van der Waals surface area contributed by atoms with E-state index in [2.05, 4.69) is 12.2 Å². The van der Waals surface area contributed by atoms with E-state index in [9.17, 15) is 14.7 Å². The molecule has 0 aromatic rings. The van der Waals surface area contributed by atoms with Crippen LogP contribution in [-0.4, -0.2) is 24.8 Å². The summed E-state index contributed by atoms with van der Waals surface area (Å²) in [7, 11) is 1.47. The summed E-state index contributed by atoms with van der Waals surface area (Å²) < 4.78 is 0. The van der Waals surface area contributed by atoms with Crippen LogP contribution in [0, 0.1) is 0 Å². The van der Waals surface area contributed by atoms with Crippen molar-refractivity contribution in [3.05, 3.63) is 0 Å². The quantitative estimate of drug-likeness (QED) is 0.264. The number of nitrogens with one attached hydrogen (secondary N) is 1. The normalized spacial score (nSPS) is 11.7. The van der Waals surface area contributed by atoms with Crippen LogP contribution >= 0.6 is 0 Å². The van der Waals surface area contributed by atoms with Gasteiger partial charge in [0.25, 0.3) is 0 Å². The Morgan fingerprint density at radius 2 is 1.40 bits per heavy atom. The van der Waals surface area contributed by atoms with E-state index in [1.165, 1.54) is 45.6 Å². The van der Waals surface area contributed by atoms with Crippen LogP contribution in [0.5, 0.6) is 0 Å². The molecule has 1 N–H and O–H groups in total. The summed E-state index contributed by atoms with van der Waals surface area (Å²) in [6, 6.07) is -1.14. The molecule has 0 aliphatic rings. The Hall–Kier alpha value is 0.100. The molecular formula is C15H28NNaO3. The number of ketones is 1. The first-order valence-corrected chi connectivity index (χ1v) is 7.54. The molecule has 0 saturated heterocycles. The number of hydrogen-bond acceptors (Lipinski definition) is 4. The van der Waals surface area contributed by atoms with Crippen molar-refractivity contribution >= 4 is 11.8 Å². The smallest absolute Gasteiger partial charge is 0.548 e. The first-order valence-electron chi connectivity index (χ1n) is 7.54. The molecule has 0 spiro atoms. The van der Waals surface area contributed by atoms with Gasteiger partial charge in [-0.25, -0.2) is 0 Å². The third kappa shape index (κ3) is 11.9. The SMILES string of the molecule is CCCCCCCCCCCC(=O)C(NC)C(=O)[O-].[Na+]. The zero-order valence-electron chi connectivity index (χ0n) is 13.4. The molecule has 0 amide bonds. The van der Waals surface area contributed by atoms with E-state index in [1.54, 1.807) is 0 Å². The van der Waals surface area contributed by atoms with Crippen LogP contribution in [0.4, 0.5) is 0 Å². The molecular weight excluding hydrogens is 265 g/mol. The minimum atomic E-state index is -1.33. The standard InChI is InChI=1S/C15H29NO3.Na/c1-3-4-5-6-7-8-9-10-11-12-13(17)14(16-2)15(18)19;/h14,16H,3-12H2,1-2H3,(H,18,19);/q;+1/p-1. The zero-order valence-corrected chi connectivity index (χ0v) is 15.4. The molecule has 0 fully saturated rings. The van der Waals surface area contributed by atoms with Gasteiger partial charge in [0.2, 0.25) is 0 Å². The fourth-order valence-electron chi connectivity index (χ4n) is 2.16. The molecule has 20 heavy (non-hydrogen) atoms. The van der Waals surface area contributed by atoms with E-state index >= 15 is 0 Å². The minimum Gasteiger partial charge on any atom is -0.548 e. The summed E-state index contributed by atoms with van der Waals surface area (Å²) in [5.74, 6) is -1.60. The van der Waals surface area contributed by atoms with Crippen molar-refractivity contribution in [2.24, 2.45) is 0 Å². The Labute approximate surface area is 145 Å². The van der Waals surface area contributed by atoms with Gasteiger partial charge < -0.3 is 15.2 Å². The van der Waals surface area contributed by atoms with E-state index in [0.717, 1.165) is 19.3 Å². The molecule has 5 heteroatoms. The number of carboxylic acids is 1. The molecule has 0 rings (SSSR count). The minimum absolute atomic E-state index is 0. The summed E-state index contributed by atoms with van der Waals surface area (Å²) in [4.78, 5) is 22.2. The molecule has 0 bridgehead atoms. The van der Waals surface area contributed by atoms with Crippen LogP contribution in [-0.2, 0) is 9.59 Å². The van der Waals surface area contributed by atoms with Gasteiger partial charge in [0.1, 0.15) is 6.04 Å². The van der Waals surface area contributed by atoms with Crippen LogP contribution in [0.1, 0.15) is 71.1 Å². The average molecular weight is 293 g/mol. The maximum atomic E-state index is 11.5. The van der Waals surface area contributed by atoms with Gasteiger partial charge in [-0.1, -0.05) is 58.3 Å². The average Bonchev–Trinajstić information content (AvgIpc) is 2.37. The van der Waals surface area contributed by atoms with Crippen molar-refractivity contribution in [2.45, 2.75) is 77.2 Å². The molecule has 4 nitrogen and oxygen atoms in total. The monoisotopic (exact) mass is 293 g/mol. The number of hydrogen-bond donors (Lipinski definition) is 1. The Kier molecular flexibility index (Phi) is 17.3. The second-order valence-electron chi connectivity index (χ2n) is 5.09. The first-order chi connectivity index (χ1) is 9.13. The van der Waals surface area contributed by atoms with Crippen molar-refractivity contribution in [1.29, 1.82) is 0 Å². The van der Waals surface area contributed by atoms with Gasteiger partial charge >= 0.3 is 29.6 Å². The van der Waals surface area contributed by atoms with Crippen LogP contribution < -0.4 is 40.0 Å². The van der Waals surface area contributed by atoms with E-state index in [0.29, 0.717) is 6.42 Å². The predicted octanol–water partition coefficient (Wildman–Crippen LogP) is -1.18. The summed E-state index contributed by atoms with van der Waals surface area (Å²) >= 11 is 0. The van der Waals surface area contributed by atoms with Gasteiger partial charge in [0.05, 0.1) is 5.97 Å². The number of likely N-dealkylation sites (N-methyl/N-ethyl adjacent to an activating group) is 1. The summed E-state index contributed by atoms with van der Waals surface area (Å²) in [6.07, 6.45) is 11.0. The van der Waals surface area contributed by atoms with Gasteiger partial charge in [-0.3, -0.25) is 4.79 Å². The summed E-state index contributed by atoms with van der Waals surface area (Å²) in [6.45, 7) is 2.21. The van der Waals surface area contributed by atoms with E-state index in [-0.39, 0.29) is 35.3 Å². The Bertz CT molecular complexity index is 260. The number of carbonyl (C=O) groups excluding carboxylic acids is 2. The number of aliphatic carboxylic acids is 1. The van der Waals surface area contributed by atoms with Gasteiger partial charge in [-0.2, -0.15) is 0 Å². The topological polar surface area (TPSA) is 69.2 Å². The van der Waals surface area contributed by atoms with Crippen LogP contribution in [0.15, 0.2) is 0 Å². The predicted molar refractivity (Wildman–Crippen MR) is 74.7 cm³/mol. The fraction of sp³-hybridized carbons (Fsp3) is 0.867. The molecule has 1 atom stereocenters. The number of carboxylic acid groups (broad SMARTS) is 1. The Morgan fingerprint density at radius 1 is 0.950 bits per heavy atom. The maximum absolute atomic E-state index is 11.5. The first kappa shape index (κ1) is 22.4. The summed E-state index contributed by atoms with van der Waals surface area (Å²) in [5, 5.41) is 13.1. The van der Waals surface area contributed by atoms with Crippen molar-refractivity contribution in [2.75, 3.05) is 7.05 Å². The van der Waals surface area contributed by atoms with Gasteiger partial charge in [0, 0.05) is 6.42 Å². The second kappa shape index (κ2) is 15.5. The number of unbranched alkanes of at least 4 members (excludes halogenated alkanes) is 8. The van der Waals surface area contributed by atoms with Crippen LogP contribution in [0.25, 0.3) is 0 Å². The van der Waals surface area contributed by atoms with Gasteiger partial charge in [0.15, 0.2) is 5.78 Å². The van der Waals surface area contributed by atoms with Gasteiger partial charge in [-0.05, 0) is 13.5 Å². The van der Waals surface area contributed by atoms with Crippen LogP contribution in [0.2, 0.25) is 0 Å². The third-order valence-corrected chi connectivity index (χ3v) is 3.37. The van der Waals surface area contributed by atoms with E-state index < -0.39 is 12.0 Å². The Morgan fingerprint density at radius 3 is 1.80 bits per heavy atom. The summed E-state index contributed by atoms with van der Waals surface area (Å²) in [5.41, 5.74) is 0. The molecule has 0 aromatic heterocycles. The van der Waals surface area contributed by atoms with Crippen LogP contribution in [0.3, 0.4) is 0 Å². The Balaban J connectivity index is 0. The second-order valence-corrected chi connectivity index (χ2v) is 5.09. The van der Waals surface area contributed by atoms with E-state index in [1.807, 2.05) is 0 Å². The third-order valence-electron chi connectivity index (χ3n) is 3.37. The molecule has 0 aromatic carbocycles. The number of carbonyl (C=O) groups is 2. The largest absolute Gasteiger partial charge is 1.00 e. The van der Waals surface area contributed by atoms with Gasteiger partial charge in [-0.15, -0.1) is 0 Å². The van der Waals surface area contributed by atoms with Crippen molar-refractivity contribution in [1.82, 2.24) is 5.32 Å². The number of Topliss-reactive ketones (excluding diaryl/α,β-unsaturated/α-hetero) is 1. The molecule has 1 unspecified atom stereocenters. The van der Waals surface area contributed by atoms with E-state index in [4.69, 9.17) is 0 Å². The molecule has 0 heterocycles. The van der Waals surface area contributed by atoms with Crippen molar-refractivity contribution < 1.29 is 44.3 Å². The zero-order chi connectivity index (χ0) is 14.5. The fourth-order valence-corrected chi connectivity index (χ4v) is 2.16. The number of rotatable bonds is 13. The molecule has 0 radical (unpaired) electrons. The molecule has 0 saturated carbocycles. The molecule has 0 aliphatic carbocycles. The molecule has 0 aliphatic heterocycles.